The number of ether oxygens (including phenoxy) is 2. The topological polar surface area (TPSA) is 59.0 Å². The molecule has 1 aliphatic heterocycles. The number of rotatable bonds is 3. The van der Waals surface area contributed by atoms with E-state index in [9.17, 15) is 9.90 Å². The fourth-order valence-corrected chi connectivity index (χ4v) is 3.00. The van der Waals surface area contributed by atoms with E-state index in [1.165, 1.54) is 0 Å². The lowest BCUT2D eigenvalue weighted by Gasteiger charge is -2.43. The lowest BCUT2D eigenvalue weighted by Crippen LogP contribution is -2.59. The van der Waals surface area contributed by atoms with Crippen molar-refractivity contribution >= 4 is 22.0 Å². The molecule has 2 rings (SSSR count). The van der Waals surface area contributed by atoms with Gasteiger partial charge in [-0.05, 0) is 58.7 Å². The third kappa shape index (κ3) is 5.97. The SMILES string of the molecule is CC(C)(C)OC(=O)N1CC(C(C)(C)O)OCC1Cc1ccc(Br)cc1. The van der Waals surface area contributed by atoms with Crippen molar-refractivity contribution < 1.29 is 19.4 Å². The Kier molecular flexibility index (Phi) is 6.17. The molecular formula is C19H28BrNO4. The number of halogens is 1. The van der Waals surface area contributed by atoms with Crippen LogP contribution in [-0.4, -0.2) is 52.6 Å². The van der Waals surface area contributed by atoms with Crippen LogP contribution in [0.5, 0.6) is 0 Å². The summed E-state index contributed by atoms with van der Waals surface area (Å²) in [5, 5.41) is 10.3. The number of hydrogen-bond donors (Lipinski definition) is 1. The Morgan fingerprint density at radius 3 is 2.40 bits per heavy atom. The first-order valence-electron chi connectivity index (χ1n) is 8.54. The molecule has 1 aromatic rings. The Hall–Kier alpha value is -1.11. The standard InChI is InChI=1S/C19H28BrNO4/c1-18(2,3)25-17(22)21-11-16(19(4,5)23)24-12-15(21)10-13-6-8-14(20)9-7-13/h6-9,15-16,23H,10-12H2,1-5H3. The zero-order valence-corrected chi connectivity index (χ0v) is 17.2. The zero-order chi connectivity index (χ0) is 18.8. The molecule has 25 heavy (non-hydrogen) atoms. The van der Waals surface area contributed by atoms with Crippen molar-refractivity contribution in [1.82, 2.24) is 4.90 Å². The number of benzene rings is 1. The molecule has 2 atom stereocenters. The minimum Gasteiger partial charge on any atom is -0.444 e. The number of morpholine rings is 1. The van der Waals surface area contributed by atoms with Crippen LogP contribution >= 0.6 is 15.9 Å². The van der Waals surface area contributed by atoms with Crippen LogP contribution in [0, 0.1) is 0 Å². The van der Waals surface area contributed by atoms with E-state index in [0.29, 0.717) is 19.6 Å². The minimum absolute atomic E-state index is 0.130. The van der Waals surface area contributed by atoms with Crippen molar-refractivity contribution in [3.63, 3.8) is 0 Å². The van der Waals surface area contributed by atoms with E-state index < -0.39 is 17.3 Å². The maximum atomic E-state index is 12.7. The Balaban J connectivity index is 2.17. The molecule has 1 N–H and O–H groups in total. The molecule has 140 valence electrons. The van der Waals surface area contributed by atoms with Crippen LogP contribution in [0.25, 0.3) is 0 Å². The summed E-state index contributed by atoms with van der Waals surface area (Å²) < 4.78 is 12.4. The Morgan fingerprint density at radius 1 is 1.28 bits per heavy atom. The summed E-state index contributed by atoms with van der Waals surface area (Å²) in [6.07, 6.45) is -0.140. The van der Waals surface area contributed by atoms with Gasteiger partial charge in [-0.1, -0.05) is 28.1 Å². The summed E-state index contributed by atoms with van der Waals surface area (Å²) in [6, 6.07) is 7.89. The molecule has 0 aromatic heterocycles. The average molecular weight is 414 g/mol. The van der Waals surface area contributed by atoms with Gasteiger partial charge in [0.1, 0.15) is 11.7 Å². The van der Waals surface area contributed by atoms with E-state index in [1.54, 1.807) is 18.7 Å². The lowest BCUT2D eigenvalue weighted by molar-refractivity contribution is -0.141. The second kappa shape index (κ2) is 7.64. The van der Waals surface area contributed by atoms with Gasteiger partial charge in [0.25, 0.3) is 0 Å². The number of amides is 1. The normalized spacial score (nSPS) is 22.0. The largest absolute Gasteiger partial charge is 0.444 e. The van der Waals surface area contributed by atoms with Crippen LogP contribution in [0.15, 0.2) is 28.7 Å². The monoisotopic (exact) mass is 413 g/mol. The molecule has 0 aliphatic carbocycles. The Labute approximate surface area is 158 Å². The summed E-state index contributed by atoms with van der Waals surface area (Å²) >= 11 is 3.43. The number of nitrogens with zero attached hydrogens (tertiary/aromatic N) is 1. The van der Waals surface area contributed by atoms with Crippen molar-refractivity contribution in [3.05, 3.63) is 34.3 Å². The summed E-state index contributed by atoms with van der Waals surface area (Å²) in [7, 11) is 0. The first kappa shape index (κ1) is 20.2. The molecule has 1 aliphatic rings. The van der Waals surface area contributed by atoms with Gasteiger partial charge < -0.3 is 14.6 Å². The van der Waals surface area contributed by atoms with E-state index in [0.717, 1.165) is 10.0 Å². The fourth-order valence-electron chi connectivity index (χ4n) is 2.73. The Morgan fingerprint density at radius 2 is 1.88 bits per heavy atom. The van der Waals surface area contributed by atoms with Gasteiger partial charge >= 0.3 is 6.09 Å². The van der Waals surface area contributed by atoms with E-state index in [-0.39, 0.29) is 12.1 Å². The van der Waals surface area contributed by atoms with Crippen LogP contribution in [-0.2, 0) is 15.9 Å². The van der Waals surface area contributed by atoms with Gasteiger partial charge in [-0.3, -0.25) is 4.90 Å². The minimum atomic E-state index is -1.02. The summed E-state index contributed by atoms with van der Waals surface area (Å²) in [5.74, 6) is 0. The van der Waals surface area contributed by atoms with E-state index in [2.05, 4.69) is 15.9 Å². The fraction of sp³-hybridized carbons (Fsp3) is 0.632. The van der Waals surface area contributed by atoms with Crippen LogP contribution in [0.1, 0.15) is 40.2 Å². The number of carbonyl (C=O) groups excluding carboxylic acids is 1. The van der Waals surface area contributed by atoms with Gasteiger partial charge in [0.2, 0.25) is 0 Å². The second-order valence-corrected chi connectivity index (χ2v) is 9.01. The molecule has 0 saturated carbocycles. The van der Waals surface area contributed by atoms with E-state index in [4.69, 9.17) is 9.47 Å². The average Bonchev–Trinajstić information content (AvgIpc) is 2.47. The Bertz CT molecular complexity index is 589. The summed E-state index contributed by atoms with van der Waals surface area (Å²) in [5.41, 5.74) is -0.475. The number of aliphatic hydroxyl groups is 1. The molecule has 0 radical (unpaired) electrons. The molecule has 1 amide bonds. The highest BCUT2D eigenvalue weighted by atomic mass is 79.9. The first-order valence-corrected chi connectivity index (χ1v) is 9.33. The third-order valence-corrected chi connectivity index (χ3v) is 4.62. The van der Waals surface area contributed by atoms with Gasteiger partial charge in [-0.15, -0.1) is 0 Å². The van der Waals surface area contributed by atoms with Crippen LogP contribution in [0.3, 0.4) is 0 Å². The molecule has 6 heteroatoms. The van der Waals surface area contributed by atoms with Crippen molar-refractivity contribution in [1.29, 1.82) is 0 Å². The second-order valence-electron chi connectivity index (χ2n) is 8.09. The summed E-state index contributed by atoms with van der Waals surface area (Å²) in [4.78, 5) is 14.4. The molecule has 5 nitrogen and oxygen atoms in total. The van der Waals surface area contributed by atoms with E-state index in [1.807, 2.05) is 45.0 Å². The van der Waals surface area contributed by atoms with Crippen molar-refractivity contribution in [2.45, 2.75) is 64.4 Å². The first-order chi connectivity index (χ1) is 11.5. The van der Waals surface area contributed by atoms with E-state index >= 15 is 0 Å². The maximum Gasteiger partial charge on any atom is 0.410 e. The van der Waals surface area contributed by atoms with Crippen LogP contribution in [0.2, 0.25) is 0 Å². The number of carbonyl (C=O) groups is 1. The predicted octanol–water partition coefficient (Wildman–Crippen LogP) is 3.77. The zero-order valence-electron chi connectivity index (χ0n) is 15.6. The van der Waals surface area contributed by atoms with Gasteiger partial charge in [0, 0.05) is 4.47 Å². The molecule has 1 saturated heterocycles. The molecule has 1 aromatic carbocycles. The molecule has 1 fully saturated rings. The van der Waals surface area contributed by atoms with Crippen molar-refractivity contribution in [2.75, 3.05) is 13.2 Å². The number of hydrogen-bond acceptors (Lipinski definition) is 4. The summed E-state index contributed by atoms with van der Waals surface area (Å²) in [6.45, 7) is 9.61. The molecular weight excluding hydrogens is 386 g/mol. The quantitative estimate of drug-likeness (QED) is 0.818. The van der Waals surface area contributed by atoms with Gasteiger partial charge in [0.15, 0.2) is 0 Å². The molecule has 0 bridgehead atoms. The van der Waals surface area contributed by atoms with Crippen LogP contribution < -0.4 is 0 Å². The van der Waals surface area contributed by atoms with Gasteiger partial charge in [0.05, 0.1) is 24.8 Å². The van der Waals surface area contributed by atoms with Gasteiger partial charge in [-0.25, -0.2) is 4.79 Å². The molecule has 0 spiro atoms. The highest BCUT2D eigenvalue weighted by Crippen LogP contribution is 2.25. The van der Waals surface area contributed by atoms with Crippen molar-refractivity contribution in [2.24, 2.45) is 0 Å². The van der Waals surface area contributed by atoms with Crippen LogP contribution in [0.4, 0.5) is 4.79 Å². The predicted molar refractivity (Wildman–Crippen MR) is 101 cm³/mol. The maximum absolute atomic E-state index is 12.7. The van der Waals surface area contributed by atoms with Gasteiger partial charge in [-0.2, -0.15) is 0 Å². The lowest BCUT2D eigenvalue weighted by atomic mass is 9.97. The highest BCUT2D eigenvalue weighted by Gasteiger charge is 2.40. The highest BCUT2D eigenvalue weighted by molar-refractivity contribution is 9.10. The third-order valence-electron chi connectivity index (χ3n) is 4.09. The van der Waals surface area contributed by atoms with Crippen molar-refractivity contribution in [3.8, 4) is 0 Å². The smallest absolute Gasteiger partial charge is 0.410 e. The molecule has 1 heterocycles. The molecule has 2 unspecified atom stereocenters.